The quantitative estimate of drug-likeness (QED) is 0.787. The Bertz CT molecular complexity index is 745. The monoisotopic (exact) mass is 330 g/mol. The standard InChI is InChI=1S/C18H22N2O4/c1-6-23-17(21)14-7-9-15(10-8-14)20-13(5)19-12(4)16(20)18(22)24-11(2)3/h7-11H,6H2,1-5H3. The molecule has 6 nitrogen and oxygen atoms in total. The van der Waals surface area contributed by atoms with Gasteiger partial charge in [-0.2, -0.15) is 0 Å². The van der Waals surface area contributed by atoms with E-state index in [0.29, 0.717) is 29.4 Å². The van der Waals surface area contributed by atoms with Crippen LogP contribution in [-0.2, 0) is 9.47 Å². The van der Waals surface area contributed by atoms with Gasteiger partial charge in [-0.1, -0.05) is 0 Å². The molecular formula is C18H22N2O4. The number of ether oxygens (including phenoxy) is 2. The first-order valence-corrected chi connectivity index (χ1v) is 7.89. The molecule has 24 heavy (non-hydrogen) atoms. The van der Waals surface area contributed by atoms with Crippen LogP contribution in [0.25, 0.3) is 5.69 Å². The largest absolute Gasteiger partial charge is 0.462 e. The molecule has 0 saturated heterocycles. The van der Waals surface area contributed by atoms with Gasteiger partial charge in [-0.15, -0.1) is 0 Å². The Hall–Kier alpha value is -2.63. The van der Waals surface area contributed by atoms with Gasteiger partial charge < -0.3 is 9.47 Å². The highest BCUT2D eigenvalue weighted by Gasteiger charge is 2.22. The van der Waals surface area contributed by atoms with Crippen LogP contribution in [0.15, 0.2) is 24.3 Å². The van der Waals surface area contributed by atoms with Crippen LogP contribution in [0.3, 0.4) is 0 Å². The molecule has 0 spiro atoms. The van der Waals surface area contributed by atoms with Gasteiger partial charge in [0.05, 0.1) is 24.0 Å². The molecule has 0 saturated carbocycles. The zero-order valence-electron chi connectivity index (χ0n) is 14.6. The number of hydrogen-bond acceptors (Lipinski definition) is 5. The van der Waals surface area contributed by atoms with Gasteiger partial charge in [0.2, 0.25) is 0 Å². The molecular weight excluding hydrogens is 308 g/mol. The molecule has 0 aliphatic carbocycles. The molecule has 1 heterocycles. The van der Waals surface area contributed by atoms with Gasteiger partial charge in [-0.3, -0.25) is 4.57 Å². The highest BCUT2D eigenvalue weighted by Crippen LogP contribution is 2.20. The third kappa shape index (κ3) is 3.64. The predicted octanol–water partition coefficient (Wildman–Crippen LogP) is 3.23. The fourth-order valence-corrected chi connectivity index (χ4v) is 2.46. The van der Waals surface area contributed by atoms with Crippen molar-refractivity contribution < 1.29 is 19.1 Å². The van der Waals surface area contributed by atoms with Gasteiger partial charge in [0.25, 0.3) is 0 Å². The molecule has 0 bridgehead atoms. The lowest BCUT2D eigenvalue weighted by Gasteiger charge is -2.13. The molecule has 0 aliphatic heterocycles. The molecule has 2 rings (SSSR count). The van der Waals surface area contributed by atoms with Crippen LogP contribution >= 0.6 is 0 Å². The minimum Gasteiger partial charge on any atom is -0.462 e. The molecule has 0 N–H and O–H groups in total. The number of rotatable bonds is 5. The predicted molar refractivity (Wildman–Crippen MR) is 89.5 cm³/mol. The highest BCUT2D eigenvalue weighted by atomic mass is 16.5. The molecule has 0 aliphatic rings. The normalized spacial score (nSPS) is 10.8. The van der Waals surface area contributed by atoms with E-state index in [-0.39, 0.29) is 12.1 Å². The van der Waals surface area contributed by atoms with Crippen LogP contribution in [0.2, 0.25) is 0 Å². The van der Waals surface area contributed by atoms with Gasteiger partial charge in [-0.05, 0) is 58.9 Å². The van der Waals surface area contributed by atoms with Crippen molar-refractivity contribution in [3.05, 3.63) is 47.0 Å². The smallest absolute Gasteiger partial charge is 0.357 e. The van der Waals surface area contributed by atoms with Crippen molar-refractivity contribution in [1.82, 2.24) is 9.55 Å². The van der Waals surface area contributed by atoms with E-state index in [1.165, 1.54) is 0 Å². The summed E-state index contributed by atoms with van der Waals surface area (Å²) < 4.78 is 12.0. The molecule has 6 heteroatoms. The molecule has 0 radical (unpaired) electrons. The third-order valence-corrected chi connectivity index (χ3v) is 3.39. The van der Waals surface area contributed by atoms with Crippen LogP contribution in [0.4, 0.5) is 0 Å². The van der Waals surface area contributed by atoms with E-state index in [4.69, 9.17) is 9.47 Å². The van der Waals surface area contributed by atoms with E-state index in [0.717, 1.165) is 5.69 Å². The molecule has 0 fully saturated rings. The van der Waals surface area contributed by atoms with Crippen molar-refractivity contribution in [2.45, 2.75) is 40.7 Å². The lowest BCUT2D eigenvalue weighted by molar-refractivity contribution is 0.0366. The van der Waals surface area contributed by atoms with Crippen LogP contribution in [0.5, 0.6) is 0 Å². The number of esters is 2. The Morgan fingerprint density at radius 3 is 2.29 bits per heavy atom. The van der Waals surface area contributed by atoms with E-state index < -0.39 is 5.97 Å². The maximum atomic E-state index is 12.4. The van der Waals surface area contributed by atoms with Crippen LogP contribution in [-0.4, -0.2) is 34.2 Å². The van der Waals surface area contributed by atoms with Crippen molar-refractivity contribution in [1.29, 1.82) is 0 Å². The average molecular weight is 330 g/mol. The maximum absolute atomic E-state index is 12.4. The second-order valence-corrected chi connectivity index (χ2v) is 5.65. The Morgan fingerprint density at radius 2 is 1.75 bits per heavy atom. The number of aromatic nitrogens is 2. The Balaban J connectivity index is 2.42. The SMILES string of the molecule is CCOC(=O)c1ccc(-n2c(C)nc(C)c2C(=O)OC(C)C)cc1. The summed E-state index contributed by atoms with van der Waals surface area (Å²) in [6.45, 7) is 9.28. The number of benzene rings is 1. The molecule has 1 aromatic carbocycles. The van der Waals surface area contributed by atoms with Crippen molar-refractivity contribution in [3.63, 3.8) is 0 Å². The third-order valence-electron chi connectivity index (χ3n) is 3.39. The Labute approximate surface area is 141 Å². The summed E-state index contributed by atoms with van der Waals surface area (Å²) in [5.41, 5.74) is 2.19. The minimum atomic E-state index is -0.419. The van der Waals surface area contributed by atoms with Gasteiger partial charge in [0.1, 0.15) is 5.82 Å². The van der Waals surface area contributed by atoms with Crippen molar-refractivity contribution >= 4 is 11.9 Å². The zero-order chi connectivity index (χ0) is 17.9. The highest BCUT2D eigenvalue weighted by molar-refractivity contribution is 5.91. The number of hydrogen-bond donors (Lipinski definition) is 0. The average Bonchev–Trinajstić information content (AvgIpc) is 2.81. The van der Waals surface area contributed by atoms with E-state index in [1.807, 2.05) is 6.92 Å². The van der Waals surface area contributed by atoms with Crippen LogP contribution < -0.4 is 0 Å². The maximum Gasteiger partial charge on any atom is 0.357 e. The molecule has 0 unspecified atom stereocenters. The number of nitrogens with zero attached hydrogens (tertiary/aromatic N) is 2. The first-order valence-electron chi connectivity index (χ1n) is 7.89. The lowest BCUT2D eigenvalue weighted by Crippen LogP contribution is -2.17. The van der Waals surface area contributed by atoms with Crippen molar-refractivity contribution in [2.24, 2.45) is 0 Å². The summed E-state index contributed by atoms with van der Waals surface area (Å²) in [4.78, 5) is 28.5. The van der Waals surface area contributed by atoms with Gasteiger partial charge in [-0.25, -0.2) is 14.6 Å². The lowest BCUT2D eigenvalue weighted by atomic mass is 10.2. The Kier molecular flexibility index (Phi) is 5.39. The first kappa shape index (κ1) is 17.7. The number of carbonyl (C=O) groups excluding carboxylic acids is 2. The molecule has 1 aromatic heterocycles. The minimum absolute atomic E-state index is 0.216. The molecule has 0 amide bonds. The molecule has 2 aromatic rings. The number of aryl methyl sites for hydroxylation is 2. The molecule has 0 atom stereocenters. The first-order chi connectivity index (χ1) is 11.3. The van der Waals surface area contributed by atoms with E-state index in [2.05, 4.69) is 4.98 Å². The van der Waals surface area contributed by atoms with Crippen LogP contribution in [0.1, 0.15) is 53.1 Å². The zero-order valence-corrected chi connectivity index (χ0v) is 14.6. The van der Waals surface area contributed by atoms with E-state index >= 15 is 0 Å². The summed E-state index contributed by atoms with van der Waals surface area (Å²) in [5, 5.41) is 0. The summed E-state index contributed by atoms with van der Waals surface area (Å²) in [7, 11) is 0. The fourth-order valence-electron chi connectivity index (χ4n) is 2.46. The Morgan fingerprint density at radius 1 is 1.12 bits per heavy atom. The number of imidazole rings is 1. The van der Waals surface area contributed by atoms with Crippen LogP contribution in [0, 0.1) is 13.8 Å². The van der Waals surface area contributed by atoms with Crippen molar-refractivity contribution in [3.8, 4) is 5.69 Å². The summed E-state index contributed by atoms with van der Waals surface area (Å²) in [5.74, 6) is -0.119. The fraction of sp³-hybridized carbons (Fsp3) is 0.389. The second-order valence-electron chi connectivity index (χ2n) is 5.65. The summed E-state index contributed by atoms with van der Waals surface area (Å²) in [6.07, 6.45) is -0.216. The van der Waals surface area contributed by atoms with Gasteiger partial charge >= 0.3 is 11.9 Å². The molecule has 128 valence electrons. The summed E-state index contributed by atoms with van der Waals surface area (Å²) in [6, 6.07) is 6.85. The van der Waals surface area contributed by atoms with E-state index in [1.54, 1.807) is 56.5 Å². The van der Waals surface area contributed by atoms with Crippen molar-refractivity contribution in [2.75, 3.05) is 6.61 Å². The topological polar surface area (TPSA) is 70.4 Å². The van der Waals surface area contributed by atoms with E-state index in [9.17, 15) is 9.59 Å². The second kappa shape index (κ2) is 7.29. The summed E-state index contributed by atoms with van der Waals surface area (Å²) >= 11 is 0. The van der Waals surface area contributed by atoms with Gasteiger partial charge in [0.15, 0.2) is 5.69 Å². The van der Waals surface area contributed by atoms with Gasteiger partial charge in [0, 0.05) is 5.69 Å². The number of carbonyl (C=O) groups is 2.